The zero-order valence-electron chi connectivity index (χ0n) is 9.18. The topological polar surface area (TPSA) is 56.3 Å². The molecule has 1 aromatic heterocycles. The lowest BCUT2D eigenvalue weighted by molar-refractivity contribution is -0.384. The molecular formula is C12H9Cl2NO3. The molecule has 1 aromatic carbocycles. The predicted octanol–water partition coefficient (Wildman–Crippen LogP) is 4.36. The largest absolute Gasteiger partial charge is 0.453 e. The van der Waals surface area contributed by atoms with Gasteiger partial charge in [0.15, 0.2) is 5.22 Å². The van der Waals surface area contributed by atoms with Gasteiger partial charge in [0, 0.05) is 17.7 Å². The second kappa shape index (κ2) is 5.42. The molecule has 1 atom stereocenters. The van der Waals surface area contributed by atoms with Gasteiger partial charge in [-0.05, 0) is 29.7 Å². The Balaban J connectivity index is 2.10. The number of nitro benzene ring substituents is 1. The number of nitrogens with zero attached hydrogens (tertiary/aromatic N) is 1. The van der Waals surface area contributed by atoms with Crippen LogP contribution in [-0.4, -0.2) is 4.92 Å². The lowest BCUT2D eigenvalue weighted by Gasteiger charge is -2.07. The summed E-state index contributed by atoms with van der Waals surface area (Å²) in [5, 5.41) is 10.5. The number of hydrogen-bond acceptors (Lipinski definition) is 3. The van der Waals surface area contributed by atoms with Crippen molar-refractivity contribution in [2.45, 2.75) is 11.8 Å². The molecule has 0 fully saturated rings. The zero-order valence-corrected chi connectivity index (χ0v) is 10.7. The summed E-state index contributed by atoms with van der Waals surface area (Å²) in [5.41, 5.74) is 1.68. The summed E-state index contributed by atoms with van der Waals surface area (Å²) < 4.78 is 4.97. The maximum atomic E-state index is 10.5. The minimum Gasteiger partial charge on any atom is -0.453 e. The molecule has 2 rings (SSSR count). The van der Waals surface area contributed by atoms with Gasteiger partial charge in [-0.1, -0.05) is 12.1 Å². The van der Waals surface area contributed by atoms with E-state index in [-0.39, 0.29) is 16.3 Å². The number of nitro groups is 1. The van der Waals surface area contributed by atoms with Crippen LogP contribution in [0.15, 0.2) is 41.0 Å². The van der Waals surface area contributed by atoms with Crippen molar-refractivity contribution in [2.24, 2.45) is 0 Å². The number of halogens is 2. The van der Waals surface area contributed by atoms with Gasteiger partial charge in [-0.15, -0.1) is 11.6 Å². The first-order valence-corrected chi connectivity index (χ1v) is 5.99. The average Bonchev–Trinajstić information content (AvgIpc) is 2.76. The third-order valence-electron chi connectivity index (χ3n) is 2.55. The van der Waals surface area contributed by atoms with Gasteiger partial charge in [0.05, 0.1) is 16.6 Å². The summed E-state index contributed by atoms with van der Waals surface area (Å²) in [6, 6.07) is 7.99. The molecular weight excluding hydrogens is 277 g/mol. The van der Waals surface area contributed by atoms with Crippen LogP contribution in [0.1, 0.15) is 16.5 Å². The normalized spacial score (nSPS) is 12.3. The third-order valence-corrected chi connectivity index (χ3v) is 3.24. The fourth-order valence-corrected chi connectivity index (χ4v) is 2.25. The van der Waals surface area contributed by atoms with Crippen molar-refractivity contribution in [2.75, 3.05) is 0 Å². The number of hydrogen-bond donors (Lipinski definition) is 0. The van der Waals surface area contributed by atoms with Gasteiger partial charge in [-0.25, -0.2) is 0 Å². The maximum absolute atomic E-state index is 10.5. The molecule has 0 radical (unpaired) electrons. The third kappa shape index (κ3) is 2.83. The highest BCUT2D eigenvalue weighted by molar-refractivity contribution is 6.31. The van der Waals surface area contributed by atoms with Crippen LogP contribution in [0.4, 0.5) is 5.69 Å². The van der Waals surface area contributed by atoms with E-state index in [0.29, 0.717) is 6.42 Å². The lowest BCUT2D eigenvalue weighted by Crippen LogP contribution is -1.95. The van der Waals surface area contributed by atoms with Crippen molar-refractivity contribution in [3.05, 3.63) is 63.1 Å². The molecule has 94 valence electrons. The van der Waals surface area contributed by atoms with Crippen molar-refractivity contribution in [3.8, 4) is 0 Å². The van der Waals surface area contributed by atoms with E-state index in [4.69, 9.17) is 27.6 Å². The summed E-state index contributed by atoms with van der Waals surface area (Å²) in [6.45, 7) is 0. The molecule has 0 amide bonds. The van der Waals surface area contributed by atoms with Crippen LogP contribution in [0.25, 0.3) is 0 Å². The maximum Gasteiger partial charge on any atom is 0.269 e. The Kier molecular flexibility index (Phi) is 3.89. The van der Waals surface area contributed by atoms with Crippen LogP contribution in [0.5, 0.6) is 0 Å². The van der Waals surface area contributed by atoms with Crippen LogP contribution in [0.2, 0.25) is 5.22 Å². The Morgan fingerprint density at radius 3 is 2.44 bits per heavy atom. The molecule has 0 bridgehead atoms. The first kappa shape index (κ1) is 12.9. The molecule has 2 aromatic rings. The molecule has 6 heteroatoms. The summed E-state index contributed by atoms with van der Waals surface area (Å²) in [5.74, 6) is 0. The fraction of sp³-hybridized carbons (Fsp3) is 0.167. The Bertz CT molecular complexity index is 551. The predicted molar refractivity (Wildman–Crippen MR) is 69.1 cm³/mol. The van der Waals surface area contributed by atoms with Crippen LogP contribution in [0, 0.1) is 10.1 Å². The molecule has 0 aliphatic heterocycles. The minimum absolute atomic E-state index is 0.0613. The Labute approximate surface area is 113 Å². The van der Waals surface area contributed by atoms with Gasteiger partial charge in [0.1, 0.15) is 0 Å². The van der Waals surface area contributed by atoms with E-state index in [9.17, 15) is 10.1 Å². The highest BCUT2D eigenvalue weighted by atomic mass is 35.5. The first-order valence-electron chi connectivity index (χ1n) is 5.18. The van der Waals surface area contributed by atoms with E-state index >= 15 is 0 Å². The number of non-ortho nitro benzene ring substituents is 1. The number of alkyl halides is 1. The van der Waals surface area contributed by atoms with Crippen molar-refractivity contribution < 1.29 is 9.34 Å². The summed E-state index contributed by atoms with van der Waals surface area (Å²) in [6.07, 6.45) is 2.00. The average molecular weight is 286 g/mol. The summed E-state index contributed by atoms with van der Waals surface area (Å²) in [4.78, 5) is 10.1. The second-order valence-corrected chi connectivity index (χ2v) is 4.61. The number of rotatable bonds is 4. The van der Waals surface area contributed by atoms with Crippen LogP contribution in [0.3, 0.4) is 0 Å². The number of furan rings is 1. The molecule has 0 saturated carbocycles. The van der Waals surface area contributed by atoms with Crippen LogP contribution >= 0.6 is 23.2 Å². The van der Waals surface area contributed by atoms with Crippen molar-refractivity contribution in [1.82, 2.24) is 0 Å². The van der Waals surface area contributed by atoms with E-state index < -0.39 is 4.92 Å². The van der Waals surface area contributed by atoms with Gasteiger partial charge in [-0.3, -0.25) is 10.1 Å². The second-order valence-electron chi connectivity index (χ2n) is 3.74. The molecule has 1 unspecified atom stereocenters. The Morgan fingerprint density at radius 2 is 1.94 bits per heavy atom. The van der Waals surface area contributed by atoms with Crippen LogP contribution < -0.4 is 0 Å². The molecule has 0 aliphatic carbocycles. The monoisotopic (exact) mass is 285 g/mol. The quantitative estimate of drug-likeness (QED) is 0.476. The van der Waals surface area contributed by atoms with Gasteiger partial charge < -0.3 is 4.42 Å². The van der Waals surface area contributed by atoms with Crippen LogP contribution in [-0.2, 0) is 6.42 Å². The Morgan fingerprint density at radius 1 is 1.28 bits per heavy atom. The molecule has 1 heterocycles. The van der Waals surface area contributed by atoms with Gasteiger partial charge in [-0.2, -0.15) is 0 Å². The van der Waals surface area contributed by atoms with E-state index in [2.05, 4.69) is 0 Å². The smallest absolute Gasteiger partial charge is 0.269 e. The fourth-order valence-electron chi connectivity index (χ4n) is 1.60. The SMILES string of the molecule is O=[N+]([O-])c1ccc(CC(Cl)c2ccoc2Cl)cc1. The van der Waals surface area contributed by atoms with E-state index in [1.807, 2.05) is 0 Å². The van der Waals surface area contributed by atoms with E-state index in [0.717, 1.165) is 11.1 Å². The summed E-state index contributed by atoms with van der Waals surface area (Å²) in [7, 11) is 0. The first-order chi connectivity index (χ1) is 8.58. The van der Waals surface area contributed by atoms with Gasteiger partial charge in [0.25, 0.3) is 5.69 Å². The minimum atomic E-state index is -0.436. The number of benzene rings is 1. The lowest BCUT2D eigenvalue weighted by atomic mass is 10.1. The molecule has 0 aliphatic rings. The van der Waals surface area contributed by atoms with E-state index in [1.165, 1.54) is 18.4 Å². The molecule has 0 spiro atoms. The zero-order chi connectivity index (χ0) is 13.1. The van der Waals surface area contributed by atoms with Crippen molar-refractivity contribution >= 4 is 28.9 Å². The standard InChI is InChI=1S/C12H9Cl2NO3/c13-11(10-5-6-18-12(10)14)7-8-1-3-9(4-2-8)15(16)17/h1-6,11H,7H2. The molecule has 18 heavy (non-hydrogen) atoms. The highest BCUT2D eigenvalue weighted by Gasteiger charge is 2.15. The van der Waals surface area contributed by atoms with E-state index in [1.54, 1.807) is 18.2 Å². The van der Waals surface area contributed by atoms with Crippen molar-refractivity contribution in [1.29, 1.82) is 0 Å². The highest BCUT2D eigenvalue weighted by Crippen LogP contribution is 2.31. The molecule has 0 saturated heterocycles. The van der Waals surface area contributed by atoms with Crippen molar-refractivity contribution in [3.63, 3.8) is 0 Å². The molecule has 0 N–H and O–H groups in total. The van der Waals surface area contributed by atoms with Gasteiger partial charge >= 0.3 is 0 Å². The Hall–Kier alpha value is -1.52. The summed E-state index contributed by atoms with van der Waals surface area (Å²) >= 11 is 12.0. The molecule has 4 nitrogen and oxygen atoms in total. The van der Waals surface area contributed by atoms with Gasteiger partial charge in [0.2, 0.25) is 0 Å².